The molecule has 3 aromatic carbocycles. The van der Waals surface area contributed by atoms with Gasteiger partial charge in [-0.25, -0.2) is 4.39 Å². The summed E-state index contributed by atoms with van der Waals surface area (Å²) in [5, 5.41) is 4.10. The van der Waals surface area contributed by atoms with Crippen molar-refractivity contribution in [3.63, 3.8) is 0 Å². The van der Waals surface area contributed by atoms with Crippen molar-refractivity contribution in [1.29, 1.82) is 0 Å². The fraction of sp³-hybridized carbons (Fsp3) is 0.182. The Hall–Kier alpha value is -2.52. The van der Waals surface area contributed by atoms with Crippen molar-refractivity contribution < 1.29 is 9.13 Å². The van der Waals surface area contributed by atoms with Crippen LogP contribution in [-0.2, 0) is 13.2 Å². The number of halogens is 2. The lowest BCUT2D eigenvalue weighted by Crippen LogP contribution is -2.05. The smallest absolute Gasteiger partial charge is 0.124 e. The first-order chi connectivity index (χ1) is 12.5. The maximum absolute atomic E-state index is 13.3. The summed E-state index contributed by atoms with van der Waals surface area (Å²) in [6, 6.07) is 18.3. The Kier molecular flexibility index (Phi) is 5.79. The minimum Gasteiger partial charge on any atom is -0.489 e. The fourth-order valence-corrected chi connectivity index (χ4v) is 2.93. The Morgan fingerprint density at radius 3 is 2.65 bits per heavy atom. The Labute approximate surface area is 158 Å². The van der Waals surface area contributed by atoms with E-state index >= 15 is 0 Å². The molecule has 0 heterocycles. The summed E-state index contributed by atoms with van der Waals surface area (Å²) in [6.07, 6.45) is 0. The van der Waals surface area contributed by atoms with Crippen molar-refractivity contribution >= 4 is 17.3 Å². The molecule has 2 nitrogen and oxygen atoms in total. The first kappa shape index (κ1) is 18.3. The molecule has 0 aliphatic carbocycles. The highest BCUT2D eigenvalue weighted by Crippen LogP contribution is 2.26. The van der Waals surface area contributed by atoms with Gasteiger partial charge in [-0.15, -0.1) is 0 Å². The van der Waals surface area contributed by atoms with Crippen molar-refractivity contribution in [3.05, 3.63) is 93.8 Å². The quantitative estimate of drug-likeness (QED) is 0.551. The molecule has 0 saturated carbocycles. The SMILES string of the molecule is Cc1ccc(C)c(NCc2cc(Cl)ccc2OCc2cccc(F)c2)c1. The summed E-state index contributed by atoms with van der Waals surface area (Å²) in [5.41, 5.74) is 5.20. The molecule has 0 unspecified atom stereocenters. The van der Waals surface area contributed by atoms with E-state index in [1.165, 1.54) is 23.3 Å². The van der Waals surface area contributed by atoms with E-state index in [9.17, 15) is 4.39 Å². The number of aryl methyl sites for hydroxylation is 2. The van der Waals surface area contributed by atoms with Crippen LogP contribution in [0.1, 0.15) is 22.3 Å². The highest BCUT2D eigenvalue weighted by molar-refractivity contribution is 6.30. The molecule has 0 aliphatic rings. The summed E-state index contributed by atoms with van der Waals surface area (Å²) in [4.78, 5) is 0. The van der Waals surface area contributed by atoms with Gasteiger partial charge in [-0.2, -0.15) is 0 Å². The van der Waals surface area contributed by atoms with Gasteiger partial charge in [0.1, 0.15) is 18.2 Å². The van der Waals surface area contributed by atoms with Gasteiger partial charge in [0.25, 0.3) is 0 Å². The van der Waals surface area contributed by atoms with E-state index < -0.39 is 0 Å². The molecular formula is C22H21ClFNO. The van der Waals surface area contributed by atoms with Crippen LogP contribution in [0.15, 0.2) is 60.7 Å². The molecule has 0 aliphatic heterocycles. The Morgan fingerprint density at radius 2 is 1.85 bits per heavy atom. The standard InChI is InChI=1S/C22H21ClFNO/c1-15-6-7-16(2)21(10-15)25-13-18-12-19(23)8-9-22(18)26-14-17-4-3-5-20(24)11-17/h3-12,25H,13-14H2,1-2H3. The van der Waals surface area contributed by atoms with Gasteiger partial charge in [-0.05, 0) is 66.9 Å². The lowest BCUT2D eigenvalue weighted by molar-refractivity contribution is 0.302. The van der Waals surface area contributed by atoms with Crippen LogP contribution in [0, 0.1) is 19.7 Å². The van der Waals surface area contributed by atoms with E-state index in [0.717, 1.165) is 22.6 Å². The molecule has 0 radical (unpaired) electrons. The molecule has 0 bridgehead atoms. The zero-order valence-corrected chi connectivity index (χ0v) is 15.6. The second kappa shape index (κ2) is 8.24. The average molecular weight is 370 g/mol. The molecule has 4 heteroatoms. The normalized spacial score (nSPS) is 10.6. The number of ether oxygens (including phenoxy) is 1. The Bertz CT molecular complexity index is 910. The summed E-state index contributed by atoms with van der Waals surface area (Å²) in [7, 11) is 0. The predicted molar refractivity (Wildman–Crippen MR) is 105 cm³/mol. The van der Waals surface area contributed by atoms with E-state index in [1.807, 2.05) is 18.2 Å². The van der Waals surface area contributed by atoms with Gasteiger partial charge >= 0.3 is 0 Å². The van der Waals surface area contributed by atoms with Crippen molar-refractivity contribution in [2.24, 2.45) is 0 Å². The summed E-state index contributed by atoms with van der Waals surface area (Å²) < 4.78 is 19.2. The second-order valence-electron chi connectivity index (χ2n) is 6.34. The highest BCUT2D eigenvalue weighted by atomic mass is 35.5. The van der Waals surface area contributed by atoms with Gasteiger partial charge < -0.3 is 10.1 Å². The maximum atomic E-state index is 13.3. The van der Waals surface area contributed by atoms with Crippen molar-refractivity contribution in [1.82, 2.24) is 0 Å². The summed E-state index contributed by atoms with van der Waals surface area (Å²) in [6.45, 7) is 5.03. The molecule has 0 aromatic heterocycles. The van der Waals surface area contributed by atoms with Gasteiger partial charge in [0.05, 0.1) is 0 Å². The van der Waals surface area contributed by atoms with Crippen LogP contribution in [0.25, 0.3) is 0 Å². The zero-order valence-electron chi connectivity index (χ0n) is 14.9. The van der Waals surface area contributed by atoms with E-state index in [-0.39, 0.29) is 5.82 Å². The number of benzene rings is 3. The molecule has 26 heavy (non-hydrogen) atoms. The number of hydrogen-bond acceptors (Lipinski definition) is 2. The minimum absolute atomic E-state index is 0.265. The summed E-state index contributed by atoms with van der Waals surface area (Å²) in [5.74, 6) is 0.468. The van der Waals surface area contributed by atoms with Crippen LogP contribution in [0.5, 0.6) is 5.75 Å². The van der Waals surface area contributed by atoms with Gasteiger partial charge in [0, 0.05) is 22.8 Å². The molecular weight excluding hydrogens is 349 g/mol. The fourth-order valence-electron chi connectivity index (χ4n) is 2.73. The van der Waals surface area contributed by atoms with E-state index in [2.05, 4.69) is 37.4 Å². The average Bonchev–Trinajstić information content (AvgIpc) is 2.62. The molecule has 3 aromatic rings. The Morgan fingerprint density at radius 1 is 1.00 bits per heavy atom. The maximum Gasteiger partial charge on any atom is 0.124 e. The molecule has 0 amide bonds. The van der Waals surface area contributed by atoms with Gasteiger partial charge in [-0.3, -0.25) is 0 Å². The lowest BCUT2D eigenvalue weighted by Gasteiger charge is -2.15. The zero-order chi connectivity index (χ0) is 18.5. The van der Waals surface area contributed by atoms with Crippen LogP contribution in [0.3, 0.4) is 0 Å². The van der Waals surface area contributed by atoms with Crippen LogP contribution < -0.4 is 10.1 Å². The first-order valence-corrected chi connectivity index (χ1v) is 8.86. The first-order valence-electron chi connectivity index (χ1n) is 8.48. The van der Waals surface area contributed by atoms with Gasteiger partial charge in [-0.1, -0.05) is 35.9 Å². The molecule has 0 atom stereocenters. The molecule has 0 saturated heterocycles. The van der Waals surface area contributed by atoms with Crippen LogP contribution in [0.4, 0.5) is 10.1 Å². The van der Waals surface area contributed by atoms with Crippen molar-refractivity contribution in [2.75, 3.05) is 5.32 Å². The minimum atomic E-state index is -0.265. The van der Waals surface area contributed by atoms with E-state index in [4.69, 9.17) is 16.3 Å². The van der Waals surface area contributed by atoms with Crippen LogP contribution >= 0.6 is 11.6 Å². The highest BCUT2D eigenvalue weighted by Gasteiger charge is 2.07. The lowest BCUT2D eigenvalue weighted by atomic mass is 10.1. The number of anilines is 1. The Balaban J connectivity index is 1.74. The van der Waals surface area contributed by atoms with Gasteiger partial charge in [0.15, 0.2) is 0 Å². The molecule has 0 spiro atoms. The topological polar surface area (TPSA) is 21.3 Å². The molecule has 1 N–H and O–H groups in total. The predicted octanol–water partition coefficient (Wildman–Crippen LogP) is 6.29. The van der Waals surface area contributed by atoms with E-state index in [1.54, 1.807) is 12.1 Å². The summed E-state index contributed by atoms with van der Waals surface area (Å²) >= 11 is 6.16. The number of nitrogens with one attached hydrogen (secondary N) is 1. The van der Waals surface area contributed by atoms with Crippen LogP contribution in [-0.4, -0.2) is 0 Å². The van der Waals surface area contributed by atoms with Crippen molar-refractivity contribution in [3.8, 4) is 5.75 Å². The van der Waals surface area contributed by atoms with E-state index in [0.29, 0.717) is 18.2 Å². The van der Waals surface area contributed by atoms with Crippen molar-refractivity contribution in [2.45, 2.75) is 27.0 Å². The largest absolute Gasteiger partial charge is 0.489 e. The number of rotatable bonds is 6. The number of hydrogen-bond donors (Lipinski definition) is 1. The third kappa shape index (κ3) is 4.77. The monoisotopic (exact) mass is 369 g/mol. The van der Waals surface area contributed by atoms with Gasteiger partial charge in [0.2, 0.25) is 0 Å². The second-order valence-corrected chi connectivity index (χ2v) is 6.78. The molecule has 0 fully saturated rings. The third-order valence-corrected chi connectivity index (χ3v) is 4.40. The van der Waals surface area contributed by atoms with Crippen LogP contribution in [0.2, 0.25) is 5.02 Å². The third-order valence-electron chi connectivity index (χ3n) is 4.17. The molecule has 134 valence electrons. The molecule has 3 rings (SSSR count).